The second-order valence-corrected chi connectivity index (χ2v) is 4.87. The van der Waals surface area contributed by atoms with Crippen molar-refractivity contribution in [3.8, 4) is 0 Å². The fraction of sp³-hybridized carbons (Fsp3) is 0.286. The van der Waals surface area contributed by atoms with Gasteiger partial charge in [0, 0.05) is 13.5 Å². The zero-order chi connectivity index (χ0) is 14.4. The molecule has 102 valence electrons. The van der Waals surface area contributed by atoms with Gasteiger partial charge in [-0.3, -0.25) is 29.0 Å². The van der Waals surface area contributed by atoms with Crippen LogP contribution in [-0.2, 0) is 9.59 Å². The van der Waals surface area contributed by atoms with E-state index in [-0.39, 0.29) is 18.7 Å². The van der Waals surface area contributed by atoms with Crippen LogP contribution in [0.5, 0.6) is 0 Å². The average Bonchev–Trinajstić information content (AvgIpc) is 2.70. The van der Waals surface area contributed by atoms with Crippen LogP contribution in [0.3, 0.4) is 0 Å². The van der Waals surface area contributed by atoms with E-state index in [4.69, 9.17) is 0 Å². The van der Waals surface area contributed by atoms with Gasteiger partial charge in [-0.2, -0.15) is 0 Å². The number of benzene rings is 1. The zero-order valence-corrected chi connectivity index (χ0v) is 10.8. The minimum absolute atomic E-state index is 0.153. The van der Waals surface area contributed by atoms with Crippen molar-refractivity contribution < 1.29 is 19.2 Å². The Morgan fingerprint density at radius 2 is 1.55 bits per heavy atom. The van der Waals surface area contributed by atoms with Gasteiger partial charge in [0.05, 0.1) is 11.1 Å². The van der Waals surface area contributed by atoms with Crippen LogP contribution in [-0.4, -0.2) is 46.5 Å². The largest absolute Gasteiger partial charge is 0.284 e. The van der Waals surface area contributed by atoms with Crippen molar-refractivity contribution in [2.24, 2.45) is 0 Å². The molecule has 0 saturated carbocycles. The number of piperidine rings is 1. The van der Waals surface area contributed by atoms with Gasteiger partial charge in [-0.1, -0.05) is 12.1 Å². The molecule has 1 atom stereocenters. The molecule has 1 aromatic rings. The van der Waals surface area contributed by atoms with E-state index in [1.54, 1.807) is 24.3 Å². The van der Waals surface area contributed by atoms with Crippen molar-refractivity contribution in [3.05, 3.63) is 35.4 Å². The van der Waals surface area contributed by atoms with Crippen LogP contribution in [0.25, 0.3) is 0 Å². The SMILES string of the molecule is CN1C(=O)CCC(N2C(=O)c3ccccc3C2=O)C1=O. The molecule has 0 N–H and O–H groups in total. The van der Waals surface area contributed by atoms with Crippen molar-refractivity contribution in [3.63, 3.8) is 0 Å². The van der Waals surface area contributed by atoms with E-state index in [1.807, 2.05) is 0 Å². The van der Waals surface area contributed by atoms with Crippen molar-refractivity contribution >= 4 is 23.6 Å². The molecular weight excluding hydrogens is 260 g/mol. The Kier molecular flexibility index (Phi) is 2.67. The Balaban J connectivity index is 1.97. The summed E-state index contributed by atoms with van der Waals surface area (Å²) in [4.78, 5) is 50.1. The summed E-state index contributed by atoms with van der Waals surface area (Å²) in [5.41, 5.74) is 0.620. The summed E-state index contributed by atoms with van der Waals surface area (Å²) in [6.07, 6.45) is 0.341. The third-order valence-corrected chi connectivity index (χ3v) is 3.76. The van der Waals surface area contributed by atoms with E-state index in [9.17, 15) is 19.2 Å². The minimum atomic E-state index is -0.884. The number of likely N-dealkylation sites (tertiary alicyclic amines) is 1. The van der Waals surface area contributed by atoms with E-state index < -0.39 is 23.8 Å². The van der Waals surface area contributed by atoms with Gasteiger partial charge in [0.1, 0.15) is 6.04 Å². The van der Waals surface area contributed by atoms with Gasteiger partial charge in [0.25, 0.3) is 17.7 Å². The first-order chi connectivity index (χ1) is 9.52. The molecule has 0 spiro atoms. The molecule has 6 heteroatoms. The number of imide groups is 2. The summed E-state index contributed by atoms with van der Waals surface area (Å²) in [6, 6.07) is 5.60. The lowest BCUT2D eigenvalue weighted by atomic mass is 10.0. The van der Waals surface area contributed by atoms with Crippen LogP contribution in [0.1, 0.15) is 33.6 Å². The van der Waals surface area contributed by atoms with Gasteiger partial charge in [-0.25, -0.2) is 0 Å². The Bertz CT molecular complexity index is 617. The molecule has 1 fully saturated rings. The van der Waals surface area contributed by atoms with Gasteiger partial charge < -0.3 is 0 Å². The highest BCUT2D eigenvalue weighted by molar-refractivity contribution is 6.23. The second kappa shape index (κ2) is 4.26. The lowest BCUT2D eigenvalue weighted by Crippen LogP contribution is -2.54. The standard InChI is InChI=1S/C14H12N2O4/c1-15-11(17)7-6-10(14(15)20)16-12(18)8-4-2-3-5-9(8)13(16)19/h2-5,10H,6-7H2,1H3. The molecule has 3 rings (SSSR count). The second-order valence-electron chi connectivity index (χ2n) is 4.87. The molecule has 0 radical (unpaired) electrons. The highest BCUT2D eigenvalue weighted by atomic mass is 16.2. The normalized spacial score (nSPS) is 22.6. The Labute approximate surface area is 115 Å². The summed E-state index contributed by atoms with van der Waals surface area (Å²) in [7, 11) is 1.37. The van der Waals surface area contributed by atoms with Crippen molar-refractivity contribution in [1.82, 2.24) is 9.80 Å². The van der Waals surface area contributed by atoms with Crippen LogP contribution >= 0.6 is 0 Å². The highest BCUT2D eigenvalue weighted by Gasteiger charge is 2.45. The first kappa shape index (κ1) is 12.5. The summed E-state index contributed by atoms with van der Waals surface area (Å²) in [5.74, 6) is -1.72. The molecule has 2 heterocycles. The third-order valence-electron chi connectivity index (χ3n) is 3.76. The van der Waals surface area contributed by atoms with E-state index in [2.05, 4.69) is 0 Å². The lowest BCUT2D eigenvalue weighted by Gasteiger charge is -2.32. The molecule has 0 aliphatic carbocycles. The number of nitrogens with zero attached hydrogens (tertiary/aromatic N) is 2. The topological polar surface area (TPSA) is 74.8 Å². The molecule has 4 amide bonds. The molecule has 0 aromatic heterocycles. The average molecular weight is 272 g/mol. The summed E-state index contributed by atoms with van der Waals surface area (Å²) in [5, 5.41) is 0. The van der Waals surface area contributed by atoms with E-state index in [1.165, 1.54) is 7.05 Å². The summed E-state index contributed by atoms with van der Waals surface area (Å²) < 4.78 is 0. The van der Waals surface area contributed by atoms with Crippen LogP contribution in [0.4, 0.5) is 0 Å². The molecule has 1 aromatic carbocycles. The van der Waals surface area contributed by atoms with Gasteiger partial charge in [-0.15, -0.1) is 0 Å². The molecule has 2 aliphatic heterocycles. The number of amides is 4. The molecule has 2 aliphatic rings. The Hall–Kier alpha value is -2.50. The van der Waals surface area contributed by atoms with E-state index >= 15 is 0 Å². The van der Waals surface area contributed by atoms with E-state index in [0.717, 1.165) is 9.80 Å². The molecule has 6 nitrogen and oxygen atoms in total. The van der Waals surface area contributed by atoms with Crippen molar-refractivity contribution in [1.29, 1.82) is 0 Å². The maximum absolute atomic E-state index is 12.3. The van der Waals surface area contributed by atoms with Crippen LogP contribution in [0, 0.1) is 0 Å². The fourth-order valence-electron chi connectivity index (χ4n) is 2.63. The van der Waals surface area contributed by atoms with Gasteiger partial charge in [0.2, 0.25) is 5.91 Å². The molecule has 0 bridgehead atoms. The predicted molar refractivity (Wildman–Crippen MR) is 67.7 cm³/mol. The van der Waals surface area contributed by atoms with Crippen molar-refractivity contribution in [2.75, 3.05) is 7.05 Å². The maximum atomic E-state index is 12.3. The molecule has 1 unspecified atom stereocenters. The van der Waals surface area contributed by atoms with Crippen LogP contribution < -0.4 is 0 Å². The molecule has 1 saturated heterocycles. The number of hydrogen-bond donors (Lipinski definition) is 0. The van der Waals surface area contributed by atoms with Crippen molar-refractivity contribution in [2.45, 2.75) is 18.9 Å². The fourth-order valence-corrected chi connectivity index (χ4v) is 2.63. The number of carbonyl (C=O) groups excluding carboxylic acids is 4. The third kappa shape index (κ3) is 1.57. The molecular formula is C14H12N2O4. The minimum Gasteiger partial charge on any atom is -0.284 e. The quantitative estimate of drug-likeness (QED) is 0.695. The molecule has 20 heavy (non-hydrogen) atoms. The maximum Gasteiger partial charge on any atom is 0.262 e. The van der Waals surface area contributed by atoms with Gasteiger partial charge >= 0.3 is 0 Å². The number of likely N-dealkylation sites (N-methyl/N-ethyl adjacent to an activating group) is 1. The number of carbonyl (C=O) groups is 4. The first-order valence-corrected chi connectivity index (χ1v) is 6.29. The monoisotopic (exact) mass is 272 g/mol. The first-order valence-electron chi connectivity index (χ1n) is 6.29. The summed E-state index contributed by atoms with van der Waals surface area (Å²) in [6.45, 7) is 0. The zero-order valence-electron chi connectivity index (χ0n) is 10.8. The van der Waals surface area contributed by atoms with Gasteiger partial charge in [0.15, 0.2) is 0 Å². The number of hydrogen-bond acceptors (Lipinski definition) is 4. The van der Waals surface area contributed by atoms with E-state index in [0.29, 0.717) is 11.1 Å². The number of rotatable bonds is 1. The highest BCUT2D eigenvalue weighted by Crippen LogP contribution is 2.28. The Morgan fingerprint density at radius 3 is 2.10 bits per heavy atom. The Morgan fingerprint density at radius 1 is 1.00 bits per heavy atom. The smallest absolute Gasteiger partial charge is 0.262 e. The summed E-state index contributed by atoms with van der Waals surface area (Å²) >= 11 is 0. The number of fused-ring (bicyclic) bond motifs is 1. The predicted octanol–water partition coefficient (Wildman–Crippen LogP) is 0.430. The van der Waals surface area contributed by atoms with Crippen LogP contribution in [0.2, 0.25) is 0 Å². The van der Waals surface area contributed by atoms with Gasteiger partial charge in [-0.05, 0) is 18.6 Å². The van der Waals surface area contributed by atoms with Crippen LogP contribution in [0.15, 0.2) is 24.3 Å². The lowest BCUT2D eigenvalue weighted by molar-refractivity contribution is -0.149.